The lowest BCUT2D eigenvalue weighted by Crippen LogP contribution is -2.52. The third kappa shape index (κ3) is 4.79. The van der Waals surface area contributed by atoms with Crippen molar-refractivity contribution in [3.8, 4) is 5.75 Å². The molecule has 0 bridgehead atoms. The van der Waals surface area contributed by atoms with Crippen LogP contribution in [0.3, 0.4) is 0 Å². The molecule has 0 radical (unpaired) electrons. The molecule has 0 aliphatic carbocycles. The number of methoxy groups -OCH3 is 1. The Hall–Kier alpha value is -1.44. The summed E-state index contributed by atoms with van der Waals surface area (Å²) in [5.74, 6) is 1.84. The van der Waals surface area contributed by atoms with Crippen LogP contribution in [0.5, 0.6) is 5.75 Å². The summed E-state index contributed by atoms with van der Waals surface area (Å²) in [5, 5.41) is 3.28. The molecule has 0 saturated carbocycles. The van der Waals surface area contributed by atoms with Gasteiger partial charge in [-0.2, -0.15) is 0 Å². The SMILES string of the molecule is C=CCNC(=NC)N1CCN(c2ccc(OC)cc2)CC1.I. The van der Waals surface area contributed by atoms with Crippen molar-refractivity contribution >= 4 is 35.6 Å². The Kier molecular flexibility index (Phi) is 8.08. The van der Waals surface area contributed by atoms with E-state index in [1.54, 1.807) is 7.11 Å². The lowest BCUT2D eigenvalue weighted by atomic mass is 10.2. The van der Waals surface area contributed by atoms with Crippen LogP contribution in [0, 0.1) is 0 Å². The Morgan fingerprint density at radius 2 is 1.91 bits per heavy atom. The van der Waals surface area contributed by atoms with Gasteiger partial charge in [-0.3, -0.25) is 4.99 Å². The number of ether oxygens (including phenoxy) is 1. The molecule has 122 valence electrons. The highest BCUT2D eigenvalue weighted by atomic mass is 127. The van der Waals surface area contributed by atoms with Crippen LogP contribution in [-0.4, -0.2) is 57.7 Å². The van der Waals surface area contributed by atoms with Crippen LogP contribution in [0.1, 0.15) is 0 Å². The van der Waals surface area contributed by atoms with Crippen molar-refractivity contribution in [1.29, 1.82) is 0 Å². The van der Waals surface area contributed by atoms with Crippen LogP contribution < -0.4 is 15.0 Å². The molecule has 1 aromatic rings. The normalized spacial score (nSPS) is 15.1. The number of anilines is 1. The second kappa shape index (κ2) is 9.55. The summed E-state index contributed by atoms with van der Waals surface area (Å²) in [6, 6.07) is 8.23. The zero-order valence-electron chi connectivity index (χ0n) is 13.3. The van der Waals surface area contributed by atoms with Gasteiger partial charge in [0.05, 0.1) is 7.11 Å². The molecule has 1 aromatic carbocycles. The average molecular weight is 416 g/mol. The van der Waals surface area contributed by atoms with Gasteiger partial charge in [0.15, 0.2) is 5.96 Å². The number of nitrogens with zero attached hydrogens (tertiary/aromatic N) is 3. The summed E-state index contributed by atoms with van der Waals surface area (Å²) in [6.07, 6.45) is 1.85. The van der Waals surface area contributed by atoms with E-state index in [1.807, 2.05) is 25.3 Å². The lowest BCUT2D eigenvalue weighted by Gasteiger charge is -2.37. The fourth-order valence-electron chi connectivity index (χ4n) is 2.47. The Bertz CT molecular complexity index is 481. The number of guanidine groups is 1. The van der Waals surface area contributed by atoms with Gasteiger partial charge in [-0.05, 0) is 24.3 Å². The van der Waals surface area contributed by atoms with Gasteiger partial charge in [-0.1, -0.05) is 6.08 Å². The van der Waals surface area contributed by atoms with Crippen molar-refractivity contribution in [2.45, 2.75) is 0 Å². The minimum absolute atomic E-state index is 0. The molecule has 0 amide bonds. The number of piperazine rings is 1. The highest BCUT2D eigenvalue weighted by Crippen LogP contribution is 2.20. The summed E-state index contributed by atoms with van der Waals surface area (Å²) in [6.45, 7) is 8.36. The van der Waals surface area contributed by atoms with Gasteiger partial charge in [0, 0.05) is 45.5 Å². The Labute approximate surface area is 150 Å². The van der Waals surface area contributed by atoms with E-state index in [-0.39, 0.29) is 24.0 Å². The van der Waals surface area contributed by atoms with Crippen LogP contribution in [0.2, 0.25) is 0 Å². The van der Waals surface area contributed by atoms with Crippen LogP contribution in [0.25, 0.3) is 0 Å². The molecule has 2 rings (SSSR count). The summed E-state index contributed by atoms with van der Waals surface area (Å²) in [7, 11) is 3.51. The van der Waals surface area contributed by atoms with Crippen molar-refractivity contribution in [1.82, 2.24) is 10.2 Å². The first-order chi connectivity index (χ1) is 10.3. The molecule has 0 atom stereocenters. The number of benzene rings is 1. The second-order valence-electron chi connectivity index (χ2n) is 4.89. The van der Waals surface area contributed by atoms with Crippen LogP contribution in [0.4, 0.5) is 5.69 Å². The number of nitrogens with one attached hydrogen (secondary N) is 1. The highest BCUT2D eigenvalue weighted by Gasteiger charge is 2.19. The standard InChI is InChI=1S/C16H24N4O.HI/c1-4-9-18-16(17-2)20-12-10-19(11-13-20)14-5-7-15(21-3)8-6-14;/h4-8H,1,9-13H2,2-3H3,(H,17,18);1H. The number of rotatable bonds is 4. The fraction of sp³-hybridized carbons (Fsp3) is 0.438. The molecule has 1 fully saturated rings. The molecule has 5 nitrogen and oxygen atoms in total. The molecule has 22 heavy (non-hydrogen) atoms. The third-order valence-electron chi connectivity index (χ3n) is 3.63. The minimum atomic E-state index is 0. The van der Waals surface area contributed by atoms with Crippen molar-refractivity contribution in [2.24, 2.45) is 4.99 Å². The lowest BCUT2D eigenvalue weighted by molar-refractivity contribution is 0.374. The first-order valence-electron chi connectivity index (χ1n) is 7.24. The van der Waals surface area contributed by atoms with Crippen LogP contribution in [-0.2, 0) is 0 Å². The third-order valence-corrected chi connectivity index (χ3v) is 3.63. The van der Waals surface area contributed by atoms with E-state index >= 15 is 0 Å². The summed E-state index contributed by atoms with van der Waals surface area (Å²) in [4.78, 5) is 8.99. The second-order valence-corrected chi connectivity index (χ2v) is 4.89. The van der Waals surface area contributed by atoms with Crippen LogP contribution in [0.15, 0.2) is 41.9 Å². The molecule has 1 saturated heterocycles. The number of halogens is 1. The van der Waals surface area contributed by atoms with E-state index in [0.717, 1.165) is 44.4 Å². The van der Waals surface area contributed by atoms with Crippen molar-refractivity contribution in [3.05, 3.63) is 36.9 Å². The summed E-state index contributed by atoms with van der Waals surface area (Å²) >= 11 is 0. The molecular formula is C16H25IN4O. The van der Waals surface area contributed by atoms with E-state index in [2.05, 4.69) is 38.8 Å². The van der Waals surface area contributed by atoms with Gasteiger partial charge in [-0.15, -0.1) is 30.6 Å². The molecule has 1 N–H and O–H groups in total. The molecular weight excluding hydrogens is 391 g/mol. The summed E-state index contributed by atoms with van der Waals surface area (Å²) in [5.41, 5.74) is 1.24. The number of hydrogen-bond donors (Lipinski definition) is 1. The quantitative estimate of drug-likeness (QED) is 0.354. The van der Waals surface area contributed by atoms with Gasteiger partial charge in [0.2, 0.25) is 0 Å². The maximum atomic E-state index is 5.20. The smallest absolute Gasteiger partial charge is 0.194 e. The van der Waals surface area contributed by atoms with E-state index in [4.69, 9.17) is 4.74 Å². The Morgan fingerprint density at radius 3 is 2.41 bits per heavy atom. The van der Waals surface area contributed by atoms with Gasteiger partial charge in [0.25, 0.3) is 0 Å². The van der Waals surface area contributed by atoms with Gasteiger partial charge in [0.1, 0.15) is 5.75 Å². The first kappa shape index (κ1) is 18.6. The molecule has 0 spiro atoms. The van der Waals surface area contributed by atoms with Gasteiger partial charge < -0.3 is 19.9 Å². The predicted molar refractivity (Wildman–Crippen MR) is 104 cm³/mol. The van der Waals surface area contributed by atoms with E-state index in [9.17, 15) is 0 Å². The zero-order valence-corrected chi connectivity index (χ0v) is 15.6. The average Bonchev–Trinajstić information content (AvgIpc) is 2.56. The number of aliphatic imine (C=N–C) groups is 1. The monoisotopic (exact) mass is 416 g/mol. The molecule has 0 unspecified atom stereocenters. The minimum Gasteiger partial charge on any atom is -0.497 e. The predicted octanol–water partition coefficient (Wildman–Crippen LogP) is 2.20. The van der Waals surface area contributed by atoms with Gasteiger partial charge in [-0.25, -0.2) is 0 Å². The van der Waals surface area contributed by atoms with Crippen molar-refractivity contribution in [2.75, 3.05) is 51.8 Å². The van der Waals surface area contributed by atoms with Crippen molar-refractivity contribution < 1.29 is 4.74 Å². The number of hydrogen-bond acceptors (Lipinski definition) is 3. The molecule has 1 heterocycles. The Balaban J connectivity index is 0.00000242. The fourth-order valence-corrected chi connectivity index (χ4v) is 2.47. The van der Waals surface area contributed by atoms with Crippen LogP contribution >= 0.6 is 24.0 Å². The molecule has 1 aliphatic rings. The Morgan fingerprint density at radius 1 is 1.27 bits per heavy atom. The van der Waals surface area contributed by atoms with E-state index in [0.29, 0.717) is 0 Å². The highest BCUT2D eigenvalue weighted by molar-refractivity contribution is 14.0. The largest absolute Gasteiger partial charge is 0.497 e. The summed E-state index contributed by atoms with van der Waals surface area (Å²) < 4.78 is 5.20. The molecule has 0 aromatic heterocycles. The van der Waals surface area contributed by atoms with Crippen molar-refractivity contribution in [3.63, 3.8) is 0 Å². The maximum Gasteiger partial charge on any atom is 0.194 e. The molecule has 6 heteroatoms. The van der Waals surface area contributed by atoms with Gasteiger partial charge >= 0.3 is 0 Å². The topological polar surface area (TPSA) is 40.1 Å². The van der Waals surface area contributed by atoms with E-state index in [1.165, 1.54) is 5.69 Å². The molecule has 1 aliphatic heterocycles. The first-order valence-corrected chi connectivity index (χ1v) is 7.24. The zero-order chi connectivity index (χ0) is 15.1. The van der Waals surface area contributed by atoms with E-state index < -0.39 is 0 Å². The maximum absolute atomic E-state index is 5.20.